The molecule has 2 rings (SSSR count). The number of nitrogens with one attached hydrogen (secondary N) is 2. The van der Waals surface area contributed by atoms with Crippen molar-refractivity contribution in [2.75, 3.05) is 13.1 Å². The number of piperidine rings is 1. The minimum Gasteiger partial charge on any atom is -0.380 e. The van der Waals surface area contributed by atoms with Crippen molar-refractivity contribution in [2.45, 2.75) is 25.8 Å². The molecule has 0 aliphatic carbocycles. The second-order valence-electron chi connectivity index (χ2n) is 5.92. The van der Waals surface area contributed by atoms with E-state index < -0.39 is 5.91 Å². The first kappa shape index (κ1) is 17.8. The van der Waals surface area contributed by atoms with E-state index >= 15 is 0 Å². The Hall–Kier alpha value is -1.53. The van der Waals surface area contributed by atoms with Crippen LogP contribution in [0.1, 0.15) is 25.5 Å². The van der Waals surface area contributed by atoms with Crippen LogP contribution >= 0.6 is 15.9 Å². The summed E-state index contributed by atoms with van der Waals surface area (Å²) in [5.41, 5.74) is 7.67. The number of nitrogens with two attached hydrogens (primary N) is 1. The SMILES string of the molecule is C=C/C(C(N)=O)=C(/N[C@@H]1CCNC[C@H]1CC)c1cc(Br)cn1C. The van der Waals surface area contributed by atoms with Gasteiger partial charge in [-0.25, -0.2) is 0 Å². The van der Waals surface area contributed by atoms with Crippen LogP contribution in [0.5, 0.6) is 0 Å². The average molecular weight is 381 g/mol. The molecule has 0 unspecified atom stereocenters. The zero-order valence-electron chi connectivity index (χ0n) is 13.7. The number of carbonyl (C=O) groups excluding carboxylic acids is 1. The molecule has 2 atom stereocenters. The Morgan fingerprint density at radius 3 is 2.91 bits per heavy atom. The van der Waals surface area contributed by atoms with E-state index in [0.29, 0.717) is 17.5 Å². The summed E-state index contributed by atoms with van der Waals surface area (Å²) in [5.74, 6) is 0.0446. The molecule has 1 aromatic rings. The highest BCUT2D eigenvalue weighted by Crippen LogP contribution is 2.25. The fraction of sp³-hybridized carbons (Fsp3) is 0.471. The molecule has 0 spiro atoms. The van der Waals surface area contributed by atoms with Crippen LogP contribution in [0.2, 0.25) is 0 Å². The highest BCUT2D eigenvalue weighted by Gasteiger charge is 2.26. The van der Waals surface area contributed by atoms with E-state index in [4.69, 9.17) is 5.73 Å². The lowest BCUT2D eigenvalue weighted by molar-refractivity contribution is -0.114. The Labute approximate surface area is 146 Å². The minimum absolute atomic E-state index is 0.305. The van der Waals surface area contributed by atoms with Crippen LogP contribution in [-0.2, 0) is 11.8 Å². The number of hydrogen-bond acceptors (Lipinski definition) is 3. The summed E-state index contributed by atoms with van der Waals surface area (Å²) in [5, 5.41) is 7.02. The van der Waals surface area contributed by atoms with Gasteiger partial charge in [-0.2, -0.15) is 0 Å². The average Bonchev–Trinajstić information content (AvgIpc) is 2.85. The van der Waals surface area contributed by atoms with E-state index in [0.717, 1.165) is 41.8 Å². The number of aryl methyl sites for hydroxylation is 1. The van der Waals surface area contributed by atoms with E-state index in [1.54, 1.807) is 0 Å². The van der Waals surface area contributed by atoms with Crippen molar-refractivity contribution >= 4 is 27.5 Å². The Kier molecular flexibility index (Phi) is 6.07. The molecule has 5 nitrogen and oxygen atoms in total. The second-order valence-corrected chi connectivity index (χ2v) is 6.84. The van der Waals surface area contributed by atoms with Gasteiger partial charge in [-0.05, 0) is 47.4 Å². The van der Waals surface area contributed by atoms with Gasteiger partial charge in [-0.3, -0.25) is 4.79 Å². The van der Waals surface area contributed by atoms with Crippen molar-refractivity contribution in [1.29, 1.82) is 0 Å². The lowest BCUT2D eigenvalue weighted by Gasteiger charge is -2.34. The zero-order valence-corrected chi connectivity index (χ0v) is 15.3. The van der Waals surface area contributed by atoms with Crippen molar-refractivity contribution in [1.82, 2.24) is 15.2 Å². The third-order valence-corrected chi connectivity index (χ3v) is 4.86. The van der Waals surface area contributed by atoms with Gasteiger partial charge in [0.25, 0.3) is 5.91 Å². The maximum absolute atomic E-state index is 11.9. The van der Waals surface area contributed by atoms with Gasteiger partial charge in [0.1, 0.15) is 0 Å². The summed E-state index contributed by atoms with van der Waals surface area (Å²) >= 11 is 3.49. The maximum Gasteiger partial charge on any atom is 0.250 e. The van der Waals surface area contributed by atoms with Gasteiger partial charge in [-0.1, -0.05) is 26.0 Å². The molecule has 126 valence electrons. The van der Waals surface area contributed by atoms with Crippen LogP contribution in [0, 0.1) is 5.92 Å². The minimum atomic E-state index is -0.471. The van der Waals surface area contributed by atoms with E-state index in [1.807, 2.05) is 23.9 Å². The topological polar surface area (TPSA) is 72.1 Å². The molecule has 1 aliphatic rings. The number of aromatic nitrogens is 1. The molecule has 0 aromatic carbocycles. The van der Waals surface area contributed by atoms with Crippen LogP contribution in [0.3, 0.4) is 0 Å². The van der Waals surface area contributed by atoms with Crippen molar-refractivity contribution in [2.24, 2.45) is 18.7 Å². The Morgan fingerprint density at radius 2 is 2.39 bits per heavy atom. The summed E-state index contributed by atoms with van der Waals surface area (Å²) < 4.78 is 2.93. The third-order valence-electron chi connectivity index (χ3n) is 4.43. The molecule has 1 aliphatic heterocycles. The van der Waals surface area contributed by atoms with Gasteiger partial charge in [0.15, 0.2) is 0 Å². The van der Waals surface area contributed by atoms with Crippen LogP contribution in [0.25, 0.3) is 5.70 Å². The van der Waals surface area contributed by atoms with Gasteiger partial charge < -0.3 is 20.9 Å². The highest BCUT2D eigenvalue weighted by molar-refractivity contribution is 9.10. The summed E-state index contributed by atoms with van der Waals surface area (Å²) in [6, 6.07) is 2.29. The molecular weight excluding hydrogens is 356 g/mol. The van der Waals surface area contributed by atoms with Crippen LogP contribution in [0.4, 0.5) is 0 Å². The first-order chi connectivity index (χ1) is 11.0. The monoisotopic (exact) mass is 380 g/mol. The van der Waals surface area contributed by atoms with E-state index in [-0.39, 0.29) is 0 Å². The second kappa shape index (κ2) is 7.84. The number of nitrogens with zero attached hydrogens (tertiary/aromatic N) is 1. The summed E-state index contributed by atoms with van der Waals surface area (Å²) in [6.45, 7) is 7.91. The molecule has 0 saturated carbocycles. The van der Waals surface area contributed by atoms with Crippen molar-refractivity contribution in [3.8, 4) is 0 Å². The summed E-state index contributed by atoms with van der Waals surface area (Å²) in [6.07, 6.45) is 5.58. The van der Waals surface area contributed by atoms with Crippen molar-refractivity contribution in [3.63, 3.8) is 0 Å². The van der Waals surface area contributed by atoms with Gasteiger partial charge >= 0.3 is 0 Å². The number of hydrogen-bond donors (Lipinski definition) is 3. The quantitative estimate of drug-likeness (QED) is 0.522. The zero-order chi connectivity index (χ0) is 17.0. The number of rotatable bonds is 6. The number of halogens is 1. The van der Waals surface area contributed by atoms with Crippen molar-refractivity contribution in [3.05, 3.63) is 40.7 Å². The first-order valence-electron chi connectivity index (χ1n) is 7.93. The van der Waals surface area contributed by atoms with Crippen LogP contribution < -0.4 is 16.4 Å². The van der Waals surface area contributed by atoms with E-state index in [9.17, 15) is 4.79 Å². The molecular formula is C17H25BrN4O. The van der Waals surface area contributed by atoms with Gasteiger partial charge in [0, 0.05) is 23.8 Å². The Balaban J connectivity index is 2.44. The molecule has 1 fully saturated rings. The lowest BCUT2D eigenvalue weighted by Crippen LogP contribution is -2.47. The molecule has 2 heterocycles. The predicted molar refractivity (Wildman–Crippen MR) is 97.6 cm³/mol. The molecule has 1 saturated heterocycles. The molecule has 0 bridgehead atoms. The molecule has 0 radical (unpaired) electrons. The van der Waals surface area contributed by atoms with E-state index in [1.165, 1.54) is 6.08 Å². The number of amides is 1. The molecule has 4 N–H and O–H groups in total. The third kappa shape index (κ3) is 4.06. The lowest BCUT2D eigenvalue weighted by atomic mass is 9.90. The fourth-order valence-electron chi connectivity index (χ4n) is 3.12. The summed E-state index contributed by atoms with van der Waals surface area (Å²) in [4.78, 5) is 11.9. The van der Waals surface area contributed by atoms with E-state index in [2.05, 4.69) is 40.1 Å². The maximum atomic E-state index is 11.9. The van der Waals surface area contributed by atoms with Crippen molar-refractivity contribution < 1.29 is 4.79 Å². The molecule has 23 heavy (non-hydrogen) atoms. The van der Waals surface area contributed by atoms with Crippen LogP contribution in [0.15, 0.2) is 35.0 Å². The fourth-order valence-corrected chi connectivity index (χ4v) is 3.64. The largest absolute Gasteiger partial charge is 0.380 e. The standard InChI is InChI=1S/C17H25BrN4O/c1-4-11-9-20-7-6-14(11)21-16(13(5-2)17(19)23)15-8-12(18)10-22(15)3/h5,8,10-11,14,20-21H,2,4,6-7,9H2,1,3H3,(H2,19,23)/b16-13-/t11-,14-/m1/s1. The number of carbonyl (C=O) groups is 1. The smallest absolute Gasteiger partial charge is 0.250 e. The first-order valence-corrected chi connectivity index (χ1v) is 8.73. The van der Waals surface area contributed by atoms with Gasteiger partial charge in [0.05, 0.1) is 17.0 Å². The van der Waals surface area contributed by atoms with Crippen LogP contribution in [-0.4, -0.2) is 29.6 Å². The molecule has 1 aromatic heterocycles. The summed E-state index contributed by atoms with van der Waals surface area (Å²) in [7, 11) is 1.95. The molecule has 1 amide bonds. The Morgan fingerprint density at radius 1 is 1.65 bits per heavy atom. The normalized spacial score (nSPS) is 22.4. The number of primary amides is 1. The molecule has 6 heteroatoms. The van der Waals surface area contributed by atoms with Gasteiger partial charge in [-0.15, -0.1) is 0 Å². The van der Waals surface area contributed by atoms with Gasteiger partial charge in [0.2, 0.25) is 0 Å². The highest BCUT2D eigenvalue weighted by atomic mass is 79.9. The Bertz CT molecular complexity index is 620. The predicted octanol–water partition coefficient (Wildman–Crippen LogP) is 2.15.